The number of aromatic nitrogens is 1. The molecule has 7 nitrogen and oxygen atoms in total. The smallest absolute Gasteiger partial charge is 0.422 e. The van der Waals surface area contributed by atoms with Crippen LogP contribution in [0.15, 0.2) is 42.5 Å². The summed E-state index contributed by atoms with van der Waals surface area (Å²) >= 11 is 1.09. The van der Waals surface area contributed by atoms with Gasteiger partial charge in [0, 0.05) is 5.56 Å². The van der Waals surface area contributed by atoms with E-state index in [2.05, 4.69) is 15.0 Å². The zero-order chi connectivity index (χ0) is 21.7. The van der Waals surface area contributed by atoms with Gasteiger partial charge in [0.2, 0.25) is 0 Å². The fourth-order valence-electron chi connectivity index (χ4n) is 2.31. The molecule has 0 bridgehead atoms. The molecule has 1 N–H and O–H groups in total. The van der Waals surface area contributed by atoms with Crippen molar-refractivity contribution in [2.24, 2.45) is 0 Å². The number of hydrogen-bond acceptors (Lipinski definition) is 7. The number of benzene rings is 2. The van der Waals surface area contributed by atoms with Gasteiger partial charge in [-0.05, 0) is 36.4 Å². The molecule has 1 amide bonds. The van der Waals surface area contributed by atoms with Crippen LogP contribution < -0.4 is 14.8 Å². The van der Waals surface area contributed by atoms with Crippen LogP contribution in [0.2, 0.25) is 0 Å². The first-order valence-corrected chi connectivity index (χ1v) is 9.26. The van der Waals surface area contributed by atoms with E-state index in [1.165, 1.54) is 31.4 Å². The summed E-state index contributed by atoms with van der Waals surface area (Å²) in [5, 5.41) is 2.89. The molecule has 0 saturated heterocycles. The molecule has 0 aliphatic rings. The lowest BCUT2D eigenvalue weighted by molar-refractivity contribution is -0.153. The van der Waals surface area contributed by atoms with Gasteiger partial charge < -0.3 is 14.2 Å². The minimum atomic E-state index is -4.43. The highest BCUT2D eigenvalue weighted by Crippen LogP contribution is 2.30. The third kappa shape index (κ3) is 5.83. The average molecular weight is 440 g/mol. The van der Waals surface area contributed by atoms with Crippen LogP contribution in [0.5, 0.6) is 11.5 Å². The monoisotopic (exact) mass is 440 g/mol. The number of alkyl halides is 3. The van der Waals surface area contributed by atoms with Crippen molar-refractivity contribution in [3.8, 4) is 11.5 Å². The maximum Gasteiger partial charge on any atom is 0.422 e. The predicted molar refractivity (Wildman–Crippen MR) is 103 cm³/mol. The highest BCUT2D eigenvalue weighted by atomic mass is 32.1. The van der Waals surface area contributed by atoms with Gasteiger partial charge in [-0.1, -0.05) is 17.4 Å². The summed E-state index contributed by atoms with van der Waals surface area (Å²) in [7, 11) is 1.24. The Morgan fingerprint density at radius 2 is 1.87 bits per heavy atom. The number of ether oxygens (including phenoxy) is 3. The standard InChI is InChI=1S/C19H15F3N2O5S/c1-27-16(25)9-28-12-4-2-3-11(7-12)17(26)24-18-23-14-6-5-13(8-15(14)30-18)29-10-19(20,21)22/h2-8H,9-10H2,1H3,(H,23,24,26). The van der Waals surface area contributed by atoms with Crippen LogP contribution in [0, 0.1) is 0 Å². The van der Waals surface area contributed by atoms with Gasteiger partial charge >= 0.3 is 12.1 Å². The molecular formula is C19H15F3N2O5S. The second kappa shape index (κ2) is 8.99. The number of carbonyl (C=O) groups excluding carboxylic acids is 2. The number of anilines is 1. The molecule has 0 aliphatic carbocycles. The Bertz CT molecular complexity index is 1070. The van der Waals surface area contributed by atoms with Gasteiger partial charge in [-0.25, -0.2) is 9.78 Å². The molecule has 1 aromatic heterocycles. The summed E-state index contributed by atoms with van der Waals surface area (Å²) in [5.74, 6) is -0.662. The fourth-order valence-corrected chi connectivity index (χ4v) is 3.20. The van der Waals surface area contributed by atoms with E-state index in [0.717, 1.165) is 11.3 Å². The van der Waals surface area contributed by atoms with Crippen LogP contribution >= 0.6 is 11.3 Å². The first kappa shape index (κ1) is 21.4. The molecule has 0 fully saturated rings. The summed E-state index contributed by atoms with van der Waals surface area (Å²) in [6, 6.07) is 10.5. The molecule has 30 heavy (non-hydrogen) atoms. The lowest BCUT2D eigenvalue weighted by Gasteiger charge is -2.08. The number of fused-ring (bicyclic) bond motifs is 1. The van der Waals surface area contributed by atoms with E-state index in [4.69, 9.17) is 9.47 Å². The lowest BCUT2D eigenvalue weighted by Crippen LogP contribution is -2.19. The first-order chi connectivity index (χ1) is 14.2. The number of thiazole rings is 1. The minimum Gasteiger partial charge on any atom is -0.484 e. The van der Waals surface area contributed by atoms with E-state index < -0.39 is 24.7 Å². The Morgan fingerprint density at radius 3 is 2.60 bits per heavy atom. The van der Waals surface area contributed by atoms with Crippen LogP contribution in [-0.4, -0.2) is 43.4 Å². The molecule has 0 spiro atoms. The largest absolute Gasteiger partial charge is 0.484 e. The van der Waals surface area contributed by atoms with Crippen LogP contribution in [-0.2, 0) is 9.53 Å². The third-order valence-electron chi connectivity index (χ3n) is 3.66. The number of amides is 1. The van der Waals surface area contributed by atoms with Crippen LogP contribution in [0.25, 0.3) is 10.2 Å². The highest BCUT2D eigenvalue weighted by Gasteiger charge is 2.28. The van der Waals surface area contributed by atoms with E-state index in [0.29, 0.717) is 16.0 Å². The molecule has 0 saturated carbocycles. The van der Waals surface area contributed by atoms with Gasteiger partial charge in [-0.15, -0.1) is 0 Å². The highest BCUT2D eigenvalue weighted by molar-refractivity contribution is 7.22. The molecule has 158 valence electrons. The number of rotatable bonds is 7. The number of nitrogens with one attached hydrogen (secondary N) is 1. The van der Waals surface area contributed by atoms with E-state index in [1.807, 2.05) is 0 Å². The summed E-state index contributed by atoms with van der Waals surface area (Å²) in [4.78, 5) is 27.9. The van der Waals surface area contributed by atoms with Crippen molar-refractivity contribution >= 4 is 38.6 Å². The quantitative estimate of drug-likeness (QED) is 0.558. The Labute approximate surface area is 172 Å². The normalized spacial score (nSPS) is 11.2. The second-order valence-corrected chi connectivity index (χ2v) is 6.93. The molecule has 3 aromatic rings. The molecule has 1 heterocycles. The number of hydrogen-bond donors (Lipinski definition) is 1. The molecule has 0 radical (unpaired) electrons. The molecule has 0 unspecified atom stereocenters. The zero-order valence-electron chi connectivity index (χ0n) is 15.5. The van der Waals surface area contributed by atoms with E-state index >= 15 is 0 Å². The molecule has 3 rings (SSSR count). The van der Waals surface area contributed by atoms with E-state index in [1.54, 1.807) is 18.2 Å². The summed E-state index contributed by atoms with van der Waals surface area (Å²) in [6.07, 6.45) is -4.43. The Kier molecular flexibility index (Phi) is 6.40. The second-order valence-electron chi connectivity index (χ2n) is 5.90. The van der Waals surface area contributed by atoms with Crippen molar-refractivity contribution in [2.45, 2.75) is 6.18 Å². The van der Waals surface area contributed by atoms with Crippen LogP contribution in [0.4, 0.5) is 18.3 Å². The van der Waals surface area contributed by atoms with Gasteiger partial charge in [0.15, 0.2) is 18.3 Å². The number of esters is 1. The van der Waals surface area contributed by atoms with Crippen molar-refractivity contribution in [1.29, 1.82) is 0 Å². The minimum absolute atomic E-state index is 0.0526. The van der Waals surface area contributed by atoms with Crippen molar-refractivity contribution in [3.63, 3.8) is 0 Å². The predicted octanol–water partition coefficient (Wildman–Crippen LogP) is 4.04. The number of halogens is 3. The van der Waals surface area contributed by atoms with Gasteiger partial charge in [0.05, 0.1) is 17.3 Å². The fraction of sp³-hybridized carbons (Fsp3) is 0.211. The van der Waals surface area contributed by atoms with E-state index in [-0.39, 0.29) is 23.1 Å². The molecule has 2 aromatic carbocycles. The third-order valence-corrected chi connectivity index (χ3v) is 4.60. The van der Waals surface area contributed by atoms with Crippen molar-refractivity contribution in [2.75, 3.05) is 25.6 Å². The Hall–Kier alpha value is -3.34. The maximum absolute atomic E-state index is 12.5. The van der Waals surface area contributed by atoms with Gasteiger partial charge in [0.1, 0.15) is 11.5 Å². The van der Waals surface area contributed by atoms with E-state index in [9.17, 15) is 22.8 Å². The average Bonchev–Trinajstić information content (AvgIpc) is 3.11. The van der Waals surface area contributed by atoms with Crippen molar-refractivity contribution < 1.29 is 37.0 Å². The summed E-state index contributed by atoms with van der Waals surface area (Å²) < 4.78 is 51.9. The topological polar surface area (TPSA) is 86.8 Å². The molecule has 0 atom stereocenters. The van der Waals surface area contributed by atoms with Gasteiger partial charge in [0.25, 0.3) is 5.91 Å². The number of methoxy groups -OCH3 is 1. The summed E-state index contributed by atoms with van der Waals surface area (Å²) in [6.45, 7) is -1.69. The van der Waals surface area contributed by atoms with Crippen LogP contribution in [0.3, 0.4) is 0 Å². The zero-order valence-corrected chi connectivity index (χ0v) is 16.3. The van der Waals surface area contributed by atoms with Crippen LogP contribution in [0.1, 0.15) is 10.4 Å². The Balaban J connectivity index is 1.68. The number of carbonyl (C=O) groups is 2. The van der Waals surface area contributed by atoms with Gasteiger partial charge in [-0.3, -0.25) is 10.1 Å². The van der Waals surface area contributed by atoms with Crippen molar-refractivity contribution in [1.82, 2.24) is 4.98 Å². The molecule has 0 aliphatic heterocycles. The maximum atomic E-state index is 12.5. The summed E-state index contributed by atoms with van der Waals surface area (Å²) in [5.41, 5.74) is 0.774. The van der Waals surface area contributed by atoms with Crippen molar-refractivity contribution in [3.05, 3.63) is 48.0 Å². The SMILES string of the molecule is COC(=O)COc1cccc(C(=O)Nc2nc3ccc(OCC(F)(F)F)cc3s2)c1. The first-order valence-electron chi connectivity index (χ1n) is 8.45. The lowest BCUT2D eigenvalue weighted by atomic mass is 10.2. The molecular weight excluding hydrogens is 425 g/mol. The molecule has 11 heteroatoms. The van der Waals surface area contributed by atoms with Gasteiger partial charge in [-0.2, -0.15) is 13.2 Å². The number of nitrogens with zero attached hydrogens (tertiary/aromatic N) is 1. The Morgan fingerprint density at radius 1 is 1.10 bits per heavy atom.